The first-order chi connectivity index (χ1) is 13.9. The molecule has 10 heteroatoms. The number of nitrogens with one attached hydrogen (secondary N) is 2. The molecule has 172 valence electrons. The Bertz CT molecular complexity index is 860. The van der Waals surface area contributed by atoms with Crippen LogP contribution < -0.4 is 10.6 Å². The number of carbonyl (C=O) groups excluding carboxylic acids is 2. The molecule has 1 aromatic heterocycles. The molecule has 2 N–H and O–H groups in total. The summed E-state index contributed by atoms with van der Waals surface area (Å²) in [7, 11) is 3.62. The van der Waals surface area contributed by atoms with Gasteiger partial charge in [0, 0.05) is 50.7 Å². The van der Waals surface area contributed by atoms with Crippen molar-refractivity contribution in [1.82, 2.24) is 24.9 Å². The Kier molecular flexibility index (Phi) is 10.5. The van der Waals surface area contributed by atoms with Crippen LogP contribution in [-0.4, -0.2) is 71.2 Å². The number of nitrogens with zero attached hydrogens (tertiary/aromatic N) is 4. The van der Waals surface area contributed by atoms with Crippen LogP contribution in [-0.2, 0) is 16.6 Å². The number of benzene rings is 1. The van der Waals surface area contributed by atoms with Gasteiger partial charge in [0.1, 0.15) is 6.04 Å². The summed E-state index contributed by atoms with van der Waals surface area (Å²) in [5.41, 5.74) is 3.86. The van der Waals surface area contributed by atoms with Crippen molar-refractivity contribution >= 4 is 42.3 Å². The van der Waals surface area contributed by atoms with Crippen LogP contribution in [0.15, 0.2) is 30.6 Å². The number of aryl methyl sites for hydroxylation is 3. The van der Waals surface area contributed by atoms with Crippen molar-refractivity contribution in [2.75, 3.05) is 45.1 Å². The lowest BCUT2D eigenvalue weighted by molar-refractivity contribution is -0.135. The highest BCUT2D eigenvalue weighted by Crippen LogP contribution is 2.20. The predicted octanol–water partition coefficient (Wildman–Crippen LogP) is 1.92. The molecule has 1 atom stereocenters. The number of carbonyl (C=O) groups is 2. The maximum atomic E-state index is 12.9. The monoisotopic (exact) mass is 470 g/mol. The van der Waals surface area contributed by atoms with Crippen LogP contribution in [0.25, 0.3) is 0 Å². The Morgan fingerprint density at radius 3 is 2.23 bits per heavy atom. The molecule has 3 rings (SSSR count). The van der Waals surface area contributed by atoms with Crippen molar-refractivity contribution in [1.29, 1.82) is 0 Å². The number of anilines is 1. The van der Waals surface area contributed by atoms with E-state index in [1.807, 2.05) is 50.2 Å². The fourth-order valence-electron chi connectivity index (χ4n) is 3.72. The Balaban J connectivity index is 0.00000240. The van der Waals surface area contributed by atoms with E-state index in [1.54, 1.807) is 17.9 Å². The van der Waals surface area contributed by atoms with Crippen molar-refractivity contribution in [2.45, 2.75) is 19.9 Å². The molecule has 2 heterocycles. The molecule has 1 aromatic carbocycles. The lowest BCUT2D eigenvalue weighted by atomic mass is 10.1. The molecule has 2 aromatic rings. The van der Waals surface area contributed by atoms with Crippen molar-refractivity contribution in [3.8, 4) is 0 Å². The molecular formula is C21H32Cl2N6O2. The summed E-state index contributed by atoms with van der Waals surface area (Å²) in [6.07, 6.45) is 3.57. The first-order valence-electron chi connectivity index (χ1n) is 9.92. The topological polar surface area (TPSA) is 82.5 Å². The Hall–Kier alpha value is -2.13. The molecule has 31 heavy (non-hydrogen) atoms. The zero-order valence-electron chi connectivity index (χ0n) is 18.4. The molecule has 0 aliphatic carbocycles. The Morgan fingerprint density at radius 2 is 1.71 bits per heavy atom. The highest BCUT2D eigenvalue weighted by Gasteiger charge is 2.29. The molecule has 1 saturated heterocycles. The smallest absolute Gasteiger partial charge is 0.244 e. The molecule has 1 unspecified atom stereocenters. The number of amides is 2. The van der Waals surface area contributed by atoms with Gasteiger partial charge in [-0.1, -0.05) is 18.2 Å². The van der Waals surface area contributed by atoms with Crippen LogP contribution in [0.4, 0.5) is 5.69 Å². The maximum absolute atomic E-state index is 12.9. The van der Waals surface area contributed by atoms with Gasteiger partial charge in [-0.2, -0.15) is 5.10 Å². The second-order valence-electron chi connectivity index (χ2n) is 7.59. The van der Waals surface area contributed by atoms with Gasteiger partial charge in [-0.05, 0) is 32.0 Å². The van der Waals surface area contributed by atoms with E-state index in [4.69, 9.17) is 0 Å². The average molecular weight is 471 g/mol. The lowest BCUT2D eigenvalue weighted by Gasteiger charge is -2.36. The lowest BCUT2D eigenvalue weighted by Crippen LogP contribution is -2.52. The van der Waals surface area contributed by atoms with E-state index in [2.05, 4.69) is 20.6 Å². The SMILES string of the molecule is CNC(C(=O)N1CCN(CC(=O)Nc2c(C)cccc2C)CC1)c1cnn(C)c1.Cl.Cl. The summed E-state index contributed by atoms with van der Waals surface area (Å²) >= 11 is 0. The molecule has 0 saturated carbocycles. The summed E-state index contributed by atoms with van der Waals surface area (Å²) in [4.78, 5) is 29.3. The number of rotatable bonds is 6. The molecule has 0 radical (unpaired) electrons. The second kappa shape index (κ2) is 12.0. The summed E-state index contributed by atoms with van der Waals surface area (Å²) in [5.74, 6) is 0.0192. The number of hydrogen-bond acceptors (Lipinski definition) is 5. The van der Waals surface area contributed by atoms with Crippen LogP contribution in [0.1, 0.15) is 22.7 Å². The van der Waals surface area contributed by atoms with Gasteiger partial charge < -0.3 is 15.5 Å². The minimum Gasteiger partial charge on any atom is -0.338 e. The normalized spacial score (nSPS) is 14.9. The highest BCUT2D eigenvalue weighted by atomic mass is 35.5. The zero-order chi connectivity index (χ0) is 21.0. The number of piperazine rings is 1. The van der Waals surface area contributed by atoms with Gasteiger partial charge in [-0.15, -0.1) is 24.8 Å². The van der Waals surface area contributed by atoms with Crippen LogP contribution in [0.5, 0.6) is 0 Å². The van der Waals surface area contributed by atoms with E-state index in [1.165, 1.54) is 0 Å². The van der Waals surface area contributed by atoms with E-state index in [0.29, 0.717) is 32.7 Å². The molecule has 1 aliphatic rings. The van der Waals surface area contributed by atoms with E-state index >= 15 is 0 Å². The van der Waals surface area contributed by atoms with Gasteiger partial charge in [0.15, 0.2) is 0 Å². The molecule has 0 bridgehead atoms. The van der Waals surface area contributed by atoms with Crippen LogP contribution >= 0.6 is 24.8 Å². The number of para-hydroxylation sites is 1. The fourth-order valence-corrected chi connectivity index (χ4v) is 3.72. The van der Waals surface area contributed by atoms with Crippen molar-refractivity contribution in [2.24, 2.45) is 7.05 Å². The first-order valence-corrected chi connectivity index (χ1v) is 9.92. The first kappa shape index (κ1) is 26.9. The summed E-state index contributed by atoms with van der Waals surface area (Å²) in [6, 6.07) is 5.57. The van der Waals surface area contributed by atoms with Gasteiger partial charge in [-0.25, -0.2) is 0 Å². The van der Waals surface area contributed by atoms with Crippen molar-refractivity contribution in [3.63, 3.8) is 0 Å². The van der Waals surface area contributed by atoms with E-state index in [9.17, 15) is 9.59 Å². The van der Waals surface area contributed by atoms with Gasteiger partial charge >= 0.3 is 0 Å². The molecular weight excluding hydrogens is 439 g/mol. The standard InChI is InChI=1S/C21H30N6O2.2ClH/c1-15-6-5-7-16(2)19(15)24-18(28)14-26-8-10-27(11-9-26)21(29)20(22-3)17-12-23-25(4)13-17;;/h5-7,12-13,20,22H,8-11,14H2,1-4H3,(H,24,28);2*1H. The van der Waals surface area contributed by atoms with Crippen LogP contribution in [0.3, 0.4) is 0 Å². The highest BCUT2D eigenvalue weighted by molar-refractivity contribution is 5.93. The second-order valence-corrected chi connectivity index (χ2v) is 7.59. The van der Waals surface area contributed by atoms with Crippen molar-refractivity contribution < 1.29 is 9.59 Å². The molecule has 1 fully saturated rings. The molecule has 8 nitrogen and oxygen atoms in total. The largest absolute Gasteiger partial charge is 0.338 e. The number of aromatic nitrogens is 2. The Labute approximate surface area is 196 Å². The number of hydrogen-bond donors (Lipinski definition) is 2. The zero-order valence-corrected chi connectivity index (χ0v) is 20.1. The quantitative estimate of drug-likeness (QED) is 0.673. The summed E-state index contributed by atoms with van der Waals surface area (Å²) < 4.78 is 1.69. The van der Waals surface area contributed by atoms with E-state index in [-0.39, 0.29) is 36.6 Å². The third kappa shape index (κ3) is 6.67. The number of likely N-dealkylation sites (N-methyl/N-ethyl adjacent to an activating group) is 1. The summed E-state index contributed by atoms with van der Waals surface area (Å²) in [6.45, 7) is 6.88. The van der Waals surface area contributed by atoms with Gasteiger partial charge in [0.25, 0.3) is 0 Å². The maximum Gasteiger partial charge on any atom is 0.244 e. The predicted molar refractivity (Wildman–Crippen MR) is 127 cm³/mol. The molecule has 0 spiro atoms. The summed E-state index contributed by atoms with van der Waals surface area (Å²) in [5, 5.41) is 10.3. The molecule has 2 amide bonds. The van der Waals surface area contributed by atoms with Gasteiger partial charge in [0.05, 0.1) is 12.7 Å². The third-order valence-corrected chi connectivity index (χ3v) is 5.39. The number of halogens is 2. The third-order valence-electron chi connectivity index (χ3n) is 5.39. The van der Waals surface area contributed by atoms with Gasteiger partial charge in [-0.3, -0.25) is 19.2 Å². The average Bonchev–Trinajstić information content (AvgIpc) is 3.12. The molecule has 1 aliphatic heterocycles. The minimum absolute atomic E-state index is 0. The van der Waals surface area contributed by atoms with Crippen LogP contribution in [0, 0.1) is 13.8 Å². The van der Waals surface area contributed by atoms with Crippen LogP contribution in [0.2, 0.25) is 0 Å². The van der Waals surface area contributed by atoms with Crippen molar-refractivity contribution in [3.05, 3.63) is 47.3 Å². The fraction of sp³-hybridized carbons (Fsp3) is 0.476. The Morgan fingerprint density at radius 1 is 1.10 bits per heavy atom. The van der Waals surface area contributed by atoms with E-state index < -0.39 is 6.04 Å². The van der Waals surface area contributed by atoms with Gasteiger partial charge in [0.2, 0.25) is 11.8 Å². The van der Waals surface area contributed by atoms with E-state index in [0.717, 1.165) is 22.4 Å². The minimum atomic E-state index is -0.400.